The molecule has 1 aliphatic rings. The highest BCUT2D eigenvalue weighted by atomic mass is 35.5. The minimum absolute atomic E-state index is 0.0688. The number of amides is 1. The Kier molecular flexibility index (Phi) is 7.21. The quantitative estimate of drug-likeness (QED) is 0.817. The van der Waals surface area contributed by atoms with Gasteiger partial charge in [0.2, 0.25) is 5.91 Å². The molecule has 152 valence electrons. The molecule has 28 heavy (non-hydrogen) atoms. The molecule has 1 saturated heterocycles. The Morgan fingerprint density at radius 1 is 1.14 bits per heavy atom. The molecule has 0 saturated carbocycles. The van der Waals surface area contributed by atoms with E-state index in [4.69, 9.17) is 21.5 Å². The summed E-state index contributed by atoms with van der Waals surface area (Å²) in [5, 5.41) is 11.8. The first kappa shape index (κ1) is 21.5. The molecule has 8 nitrogen and oxygen atoms in total. The van der Waals surface area contributed by atoms with E-state index >= 15 is 0 Å². The zero-order valence-corrected chi connectivity index (χ0v) is 15.3. The fourth-order valence-corrected chi connectivity index (χ4v) is 2.71. The largest absolute Gasteiger partial charge is 0.490 e. The number of benzene rings is 1. The number of piperazine rings is 1. The van der Waals surface area contributed by atoms with Gasteiger partial charge in [-0.05, 0) is 12.1 Å². The number of para-hydroxylation sites is 1. The van der Waals surface area contributed by atoms with E-state index in [1.165, 1.54) is 6.33 Å². The van der Waals surface area contributed by atoms with E-state index in [2.05, 4.69) is 15.0 Å². The minimum Gasteiger partial charge on any atom is -0.475 e. The van der Waals surface area contributed by atoms with Crippen LogP contribution < -0.4 is 4.90 Å². The molecular weight excluding hydrogens is 403 g/mol. The number of nitrogens with zero attached hydrogens (tertiary/aromatic N) is 5. The van der Waals surface area contributed by atoms with Crippen LogP contribution in [0.1, 0.15) is 0 Å². The molecular formula is C16H17ClF3N5O3. The van der Waals surface area contributed by atoms with Crippen LogP contribution in [-0.2, 0) is 16.1 Å². The van der Waals surface area contributed by atoms with Gasteiger partial charge in [0.05, 0.1) is 10.7 Å². The van der Waals surface area contributed by atoms with Crippen molar-refractivity contribution in [1.82, 2.24) is 19.7 Å². The van der Waals surface area contributed by atoms with Crippen molar-refractivity contribution in [3.8, 4) is 0 Å². The van der Waals surface area contributed by atoms with Crippen LogP contribution in [0.15, 0.2) is 36.9 Å². The van der Waals surface area contributed by atoms with Crippen LogP contribution in [0.25, 0.3) is 0 Å². The second-order valence-corrected chi connectivity index (χ2v) is 6.12. The summed E-state index contributed by atoms with van der Waals surface area (Å²) in [6, 6.07) is 7.79. The molecule has 0 spiro atoms. The number of carboxylic acid groups (broad SMARTS) is 1. The maximum absolute atomic E-state index is 12.2. The van der Waals surface area contributed by atoms with Crippen molar-refractivity contribution in [3.05, 3.63) is 41.9 Å². The lowest BCUT2D eigenvalue weighted by molar-refractivity contribution is -0.192. The number of carbonyl (C=O) groups is 2. The molecule has 2 aromatic rings. The van der Waals surface area contributed by atoms with Gasteiger partial charge in [-0.2, -0.15) is 18.3 Å². The van der Waals surface area contributed by atoms with Gasteiger partial charge in [0.15, 0.2) is 0 Å². The van der Waals surface area contributed by atoms with Gasteiger partial charge in [-0.15, -0.1) is 0 Å². The first-order chi connectivity index (χ1) is 13.2. The summed E-state index contributed by atoms with van der Waals surface area (Å²) >= 11 is 6.21. The van der Waals surface area contributed by atoms with E-state index in [0.717, 1.165) is 23.8 Å². The molecule has 12 heteroatoms. The summed E-state index contributed by atoms with van der Waals surface area (Å²) in [6.45, 7) is 3.20. The van der Waals surface area contributed by atoms with E-state index in [1.807, 2.05) is 29.2 Å². The maximum atomic E-state index is 12.2. The number of hydrogen-bond donors (Lipinski definition) is 1. The predicted molar refractivity (Wildman–Crippen MR) is 94.0 cm³/mol. The average Bonchev–Trinajstić information content (AvgIpc) is 3.15. The fourth-order valence-electron chi connectivity index (χ4n) is 2.46. The molecule has 0 unspecified atom stereocenters. The van der Waals surface area contributed by atoms with E-state index < -0.39 is 12.1 Å². The summed E-state index contributed by atoms with van der Waals surface area (Å²) in [4.78, 5) is 29.0. The van der Waals surface area contributed by atoms with Crippen LogP contribution in [0.5, 0.6) is 0 Å². The Labute approximate surface area is 163 Å². The summed E-state index contributed by atoms with van der Waals surface area (Å²) in [5.74, 6) is -2.69. The molecule has 1 aromatic carbocycles. The lowest BCUT2D eigenvalue weighted by Crippen LogP contribution is -2.49. The van der Waals surface area contributed by atoms with Crippen molar-refractivity contribution in [1.29, 1.82) is 0 Å². The highest BCUT2D eigenvalue weighted by molar-refractivity contribution is 6.33. The Morgan fingerprint density at radius 2 is 1.75 bits per heavy atom. The number of aliphatic carboxylic acids is 1. The van der Waals surface area contributed by atoms with Gasteiger partial charge < -0.3 is 14.9 Å². The summed E-state index contributed by atoms with van der Waals surface area (Å²) < 4.78 is 33.3. The Morgan fingerprint density at radius 3 is 2.25 bits per heavy atom. The van der Waals surface area contributed by atoms with Crippen molar-refractivity contribution < 1.29 is 27.9 Å². The predicted octanol–water partition coefficient (Wildman–Crippen LogP) is 1.91. The van der Waals surface area contributed by atoms with Crippen LogP contribution >= 0.6 is 11.6 Å². The minimum atomic E-state index is -5.08. The van der Waals surface area contributed by atoms with Gasteiger partial charge in [-0.3, -0.25) is 4.79 Å². The van der Waals surface area contributed by atoms with E-state index in [9.17, 15) is 18.0 Å². The van der Waals surface area contributed by atoms with Crippen molar-refractivity contribution in [2.24, 2.45) is 0 Å². The highest BCUT2D eigenvalue weighted by Gasteiger charge is 2.38. The molecule has 0 atom stereocenters. The second-order valence-electron chi connectivity index (χ2n) is 5.72. The molecule has 1 fully saturated rings. The Balaban J connectivity index is 0.000000345. The van der Waals surface area contributed by atoms with Gasteiger partial charge in [-0.25, -0.2) is 14.5 Å². The second kappa shape index (κ2) is 9.40. The first-order valence-corrected chi connectivity index (χ1v) is 8.46. The Bertz CT molecular complexity index is 793. The third kappa shape index (κ3) is 6.12. The van der Waals surface area contributed by atoms with Crippen molar-refractivity contribution in [3.63, 3.8) is 0 Å². The number of carbonyl (C=O) groups excluding carboxylic acids is 1. The van der Waals surface area contributed by atoms with Gasteiger partial charge in [0.25, 0.3) is 0 Å². The van der Waals surface area contributed by atoms with E-state index in [-0.39, 0.29) is 12.5 Å². The molecule has 0 radical (unpaired) electrons. The number of aromatic nitrogens is 3. The first-order valence-electron chi connectivity index (χ1n) is 8.08. The molecule has 0 aliphatic carbocycles. The van der Waals surface area contributed by atoms with Gasteiger partial charge in [0.1, 0.15) is 19.2 Å². The normalized spacial score (nSPS) is 14.3. The molecule has 1 aliphatic heterocycles. The maximum Gasteiger partial charge on any atom is 0.490 e. The van der Waals surface area contributed by atoms with Crippen LogP contribution in [0, 0.1) is 0 Å². The summed E-state index contributed by atoms with van der Waals surface area (Å²) in [6.07, 6.45) is -2.10. The SMILES string of the molecule is O=C(Cn1cncn1)N1CCN(c2ccccc2Cl)CC1.O=C(O)C(F)(F)F. The fraction of sp³-hybridized carbons (Fsp3) is 0.375. The lowest BCUT2D eigenvalue weighted by Gasteiger charge is -2.36. The molecule has 2 heterocycles. The number of rotatable bonds is 3. The molecule has 1 amide bonds. The van der Waals surface area contributed by atoms with Crippen molar-refractivity contribution in [2.45, 2.75) is 12.7 Å². The third-order valence-corrected chi connectivity index (χ3v) is 4.15. The number of hydrogen-bond acceptors (Lipinski definition) is 5. The Hall–Kier alpha value is -2.82. The number of halogens is 4. The smallest absolute Gasteiger partial charge is 0.475 e. The van der Waals surface area contributed by atoms with E-state index in [0.29, 0.717) is 13.1 Å². The number of carboxylic acids is 1. The van der Waals surface area contributed by atoms with Gasteiger partial charge >= 0.3 is 12.1 Å². The highest BCUT2D eigenvalue weighted by Crippen LogP contribution is 2.26. The molecule has 1 aromatic heterocycles. The van der Waals surface area contributed by atoms with Crippen LogP contribution in [-0.4, -0.2) is 69.0 Å². The monoisotopic (exact) mass is 419 g/mol. The number of anilines is 1. The van der Waals surface area contributed by atoms with Crippen LogP contribution in [0.3, 0.4) is 0 Å². The van der Waals surface area contributed by atoms with Crippen LogP contribution in [0.4, 0.5) is 18.9 Å². The zero-order valence-electron chi connectivity index (χ0n) is 14.5. The van der Waals surface area contributed by atoms with Crippen molar-refractivity contribution >= 4 is 29.2 Å². The van der Waals surface area contributed by atoms with E-state index in [1.54, 1.807) is 11.0 Å². The molecule has 3 rings (SSSR count). The average molecular weight is 420 g/mol. The summed E-state index contributed by atoms with van der Waals surface area (Å²) in [5.41, 5.74) is 1.03. The third-order valence-electron chi connectivity index (χ3n) is 3.83. The van der Waals surface area contributed by atoms with Gasteiger partial charge in [0, 0.05) is 26.2 Å². The topological polar surface area (TPSA) is 91.6 Å². The standard InChI is InChI=1S/C14H16ClN5O.C2HF3O2/c15-12-3-1-2-4-13(12)18-5-7-19(8-6-18)14(21)9-20-11-16-10-17-20;3-2(4,5)1(6)7/h1-4,10-11H,5-9H2;(H,6,7). The lowest BCUT2D eigenvalue weighted by atomic mass is 10.2. The number of alkyl halides is 3. The molecule has 0 bridgehead atoms. The summed E-state index contributed by atoms with van der Waals surface area (Å²) in [7, 11) is 0. The van der Waals surface area contributed by atoms with Gasteiger partial charge in [-0.1, -0.05) is 23.7 Å². The van der Waals surface area contributed by atoms with Crippen molar-refractivity contribution in [2.75, 3.05) is 31.1 Å². The zero-order chi connectivity index (χ0) is 20.7. The van der Waals surface area contributed by atoms with Crippen LogP contribution in [0.2, 0.25) is 5.02 Å². The molecule has 1 N–H and O–H groups in total.